The van der Waals surface area contributed by atoms with Gasteiger partial charge in [0.1, 0.15) is 29.9 Å². The van der Waals surface area contributed by atoms with Gasteiger partial charge in [-0.25, -0.2) is 9.78 Å². The number of nitrogens with two attached hydrogens (primary N) is 1. The van der Waals surface area contributed by atoms with Crippen molar-refractivity contribution in [3.05, 3.63) is 48.0 Å². The van der Waals surface area contributed by atoms with Crippen molar-refractivity contribution in [1.29, 1.82) is 0 Å². The Balaban J connectivity index is 2.29. The first-order chi connectivity index (χ1) is 17.5. The van der Waals surface area contributed by atoms with Gasteiger partial charge in [0.2, 0.25) is 17.7 Å². The Morgan fingerprint density at radius 2 is 1.59 bits per heavy atom. The summed E-state index contributed by atoms with van der Waals surface area (Å²) >= 11 is 0. The van der Waals surface area contributed by atoms with Crippen molar-refractivity contribution < 1.29 is 34.5 Å². The number of nitrogens with one attached hydrogen (secondary N) is 4. The van der Waals surface area contributed by atoms with Crippen molar-refractivity contribution in [3.8, 4) is 5.75 Å². The van der Waals surface area contributed by atoms with Gasteiger partial charge in [0.05, 0.1) is 12.9 Å². The van der Waals surface area contributed by atoms with Gasteiger partial charge in [-0.2, -0.15) is 0 Å². The summed E-state index contributed by atoms with van der Waals surface area (Å²) in [7, 11) is 0. The van der Waals surface area contributed by atoms with E-state index in [4.69, 9.17) is 5.73 Å². The number of nitrogens with zero attached hydrogens (tertiary/aromatic N) is 1. The lowest BCUT2D eigenvalue weighted by atomic mass is 9.98. The lowest BCUT2D eigenvalue weighted by Crippen LogP contribution is -2.59. The van der Waals surface area contributed by atoms with Gasteiger partial charge in [-0.3, -0.25) is 14.4 Å². The summed E-state index contributed by atoms with van der Waals surface area (Å²) in [5, 5.41) is 35.9. The second-order valence-electron chi connectivity index (χ2n) is 8.77. The molecule has 3 amide bonds. The van der Waals surface area contributed by atoms with Gasteiger partial charge in [0.15, 0.2) is 0 Å². The zero-order valence-corrected chi connectivity index (χ0v) is 20.7. The van der Waals surface area contributed by atoms with Crippen LogP contribution in [-0.2, 0) is 32.0 Å². The van der Waals surface area contributed by atoms with Crippen molar-refractivity contribution in [1.82, 2.24) is 25.9 Å². The van der Waals surface area contributed by atoms with E-state index in [1.54, 1.807) is 26.0 Å². The zero-order chi connectivity index (χ0) is 27.5. The first-order valence-corrected chi connectivity index (χ1v) is 11.8. The monoisotopic (exact) mass is 518 g/mol. The smallest absolute Gasteiger partial charge is 0.326 e. The third-order valence-electron chi connectivity index (χ3n) is 5.93. The molecule has 5 atom stereocenters. The molecule has 0 fully saturated rings. The van der Waals surface area contributed by atoms with E-state index in [1.807, 2.05) is 0 Å². The quantitative estimate of drug-likeness (QED) is 0.150. The minimum absolute atomic E-state index is 0.0149. The van der Waals surface area contributed by atoms with E-state index in [1.165, 1.54) is 24.7 Å². The Kier molecular flexibility index (Phi) is 11.0. The molecule has 13 heteroatoms. The van der Waals surface area contributed by atoms with Crippen LogP contribution in [0.1, 0.15) is 31.5 Å². The van der Waals surface area contributed by atoms with Gasteiger partial charge >= 0.3 is 5.97 Å². The maximum Gasteiger partial charge on any atom is 0.326 e. The SMILES string of the molecule is CCC(C)C(NC(=O)C(Cc1cnc[nH]1)NC(=O)C(Cc1ccc(O)cc1)NC(=O)C(N)CO)C(=O)O. The van der Waals surface area contributed by atoms with E-state index < -0.39 is 54.5 Å². The van der Waals surface area contributed by atoms with Crippen molar-refractivity contribution in [3.63, 3.8) is 0 Å². The van der Waals surface area contributed by atoms with Crippen LogP contribution in [-0.4, -0.2) is 79.8 Å². The van der Waals surface area contributed by atoms with Crippen molar-refractivity contribution in [2.45, 2.75) is 57.3 Å². The third kappa shape index (κ3) is 8.88. The number of phenolic OH excluding ortho intramolecular Hbond substituents is 1. The fraction of sp³-hybridized carbons (Fsp3) is 0.458. The average Bonchev–Trinajstić information content (AvgIpc) is 3.39. The fourth-order valence-corrected chi connectivity index (χ4v) is 3.47. The van der Waals surface area contributed by atoms with Crippen LogP contribution in [0.2, 0.25) is 0 Å². The Morgan fingerprint density at radius 1 is 1.00 bits per heavy atom. The number of hydrogen-bond acceptors (Lipinski definition) is 8. The Hall–Kier alpha value is -3.97. The van der Waals surface area contributed by atoms with Crippen molar-refractivity contribution in [2.24, 2.45) is 11.7 Å². The molecule has 0 saturated carbocycles. The van der Waals surface area contributed by atoms with E-state index in [2.05, 4.69) is 25.9 Å². The normalized spacial score (nSPS) is 15.0. The van der Waals surface area contributed by atoms with Crippen molar-refractivity contribution >= 4 is 23.7 Å². The highest BCUT2D eigenvalue weighted by atomic mass is 16.4. The predicted molar refractivity (Wildman–Crippen MR) is 132 cm³/mol. The summed E-state index contributed by atoms with van der Waals surface area (Å²) in [6.07, 6.45) is 3.32. The van der Waals surface area contributed by atoms with E-state index in [0.29, 0.717) is 17.7 Å². The van der Waals surface area contributed by atoms with Gasteiger partial charge in [-0.1, -0.05) is 32.4 Å². The molecule has 2 rings (SSSR count). The highest BCUT2D eigenvalue weighted by Gasteiger charge is 2.32. The number of carbonyl (C=O) groups is 4. The van der Waals surface area contributed by atoms with Crippen molar-refractivity contribution in [2.75, 3.05) is 6.61 Å². The molecule has 0 aliphatic rings. The lowest BCUT2D eigenvalue weighted by Gasteiger charge is -2.26. The highest BCUT2D eigenvalue weighted by Crippen LogP contribution is 2.13. The summed E-state index contributed by atoms with van der Waals surface area (Å²) in [5.74, 6) is -3.80. The van der Waals surface area contributed by atoms with E-state index in [0.717, 1.165) is 0 Å². The molecular formula is C24H34N6O7. The number of phenols is 1. The molecule has 5 unspecified atom stereocenters. The molecule has 0 radical (unpaired) electrons. The zero-order valence-electron chi connectivity index (χ0n) is 20.7. The molecule has 0 aliphatic heterocycles. The maximum atomic E-state index is 13.3. The summed E-state index contributed by atoms with van der Waals surface area (Å²) < 4.78 is 0. The van der Waals surface area contributed by atoms with Gasteiger partial charge in [0, 0.05) is 24.7 Å². The van der Waals surface area contributed by atoms with Crippen LogP contribution in [0.5, 0.6) is 5.75 Å². The first-order valence-electron chi connectivity index (χ1n) is 11.8. The molecule has 202 valence electrons. The van der Waals surface area contributed by atoms with Gasteiger partial charge in [-0.05, 0) is 23.6 Å². The molecule has 0 spiro atoms. The maximum absolute atomic E-state index is 13.3. The topological polar surface area (TPSA) is 220 Å². The van der Waals surface area contributed by atoms with E-state index in [9.17, 15) is 34.5 Å². The number of rotatable bonds is 14. The number of aromatic nitrogens is 2. The van der Waals surface area contributed by atoms with Crippen LogP contribution in [0.25, 0.3) is 0 Å². The number of aromatic hydroxyl groups is 1. The van der Waals surface area contributed by atoms with Gasteiger partial charge in [-0.15, -0.1) is 0 Å². The summed E-state index contributed by atoms with van der Waals surface area (Å²) in [6, 6.07) is 1.11. The van der Waals surface area contributed by atoms with E-state index in [-0.39, 0.29) is 24.5 Å². The van der Waals surface area contributed by atoms with Crippen LogP contribution < -0.4 is 21.7 Å². The number of aliphatic hydroxyl groups is 1. The standard InChI is InChI=1S/C24H34N6O7/c1-3-13(2)20(24(36)37)30-23(35)19(9-15-10-26-12-27-15)29-22(34)18(28-21(33)17(25)11-31)8-14-4-6-16(32)7-5-14/h4-7,10,12-13,17-20,31-32H,3,8-9,11,25H2,1-2H3,(H,26,27)(H,28,33)(H,29,34)(H,30,35)(H,36,37). The van der Waals surface area contributed by atoms with Crippen LogP contribution in [0.4, 0.5) is 0 Å². The van der Waals surface area contributed by atoms with Gasteiger partial charge < -0.3 is 42.0 Å². The second-order valence-corrected chi connectivity index (χ2v) is 8.77. The number of amides is 3. The number of carbonyl (C=O) groups excluding carboxylic acids is 3. The predicted octanol–water partition coefficient (Wildman–Crippen LogP) is -1.19. The molecule has 1 aromatic carbocycles. The number of benzene rings is 1. The minimum Gasteiger partial charge on any atom is -0.508 e. The summed E-state index contributed by atoms with van der Waals surface area (Å²) in [6.45, 7) is 2.84. The molecule has 0 aliphatic carbocycles. The number of carboxylic acid groups (broad SMARTS) is 1. The third-order valence-corrected chi connectivity index (χ3v) is 5.93. The number of H-pyrrole nitrogens is 1. The van der Waals surface area contributed by atoms with Crippen LogP contribution in [0.15, 0.2) is 36.8 Å². The van der Waals surface area contributed by atoms with Crippen LogP contribution in [0, 0.1) is 5.92 Å². The molecule has 0 saturated heterocycles. The Morgan fingerprint density at radius 3 is 2.14 bits per heavy atom. The van der Waals surface area contributed by atoms with E-state index >= 15 is 0 Å². The second kappa shape index (κ2) is 13.9. The van der Waals surface area contributed by atoms with Gasteiger partial charge in [0.25, 0.3) is 0 Å². The molecule has 1 aromatic heterocycles. The first kappa shape index (κ1) is 29.3. The van der Waals surface area contributed by atoms with Crippen LogP contribution >= 0.6 is 0 Å². The Labute approximate surface area is 213 Å². The largest absolute Gasteiger partial charge is 0.508 e. The molecule has 1 heterocycles. The molecule has 9 N–H and O–H groups in total. The minimum atomic E-state index is -1.27. The molecule has 2 aromatic rings. The molecule has 37 heavy (non-hydrogen) atoms. The highest BCUT2D eigenvalue weighted by molar-refractivity contribution is 5.94. The molecule has 13 nitrogen and oxygen atoms in total. The molecule has 0 bridgehead atoms. The number of carboxylic acids is 1. The van der Waals surface area contributed by atoms with Crippen LogP contribution in [0.3, 0.4) is 0 Å². The lowest BCUT2D eigenvalue weighted by molar-refractivity contribution is -0.143. The number of aliphatic hydroxyl groups excluding tert-OH is 1. The summed E-state index contributed by atoms with van der Waals surface area (Å²) in [4.78, 5) is 57.3. The Bertz CT molecular complexity index is 1040. The average molecular weight is 519 g/mol. The fourth-order valence-electron chi connectivity index (χ4n) is 3.47. The number of aromatic amines is 1. The molecular weight excluding hydrogens is 484 g/mol. The number of imidazole rings is 1. The number of aliphatic carboxylic acids is 1. The summed E-state index contributed by atoms with van der Waals surface area (Å²) in [5.41, 5.74) is 6.69. The number of hydrogen-bond donors (Lipinski definition) is 8.